The number of carbonyl (C=O) groups is 1. The number of nitrogens with two attached hydrogens (primary N) is 1. The fraction of sp³-hybridized carbons (Fsp3) is 0.304. The van der Waals surface area contributed by atoms with E-state index < -0.39 is 16.2 Å². The molecule has 3 atom stereocenters. The third-order valence-corrected chi connectivity index (χ3v) is 8.04. The van der Waals surface area contributed by atoms with Gasteiger partial charge >= 0.3 is 0 Å². The maximum atomic E-state index is 14.3. The highest BCUT2D eigenvalue weighted by Crippen LogP contribution is 2.38. The largest absolute Gasteiger partial charge is 0.336 e. The fourth-order valence-electron chi connectivity index (χ4n) is 4.04. The van der Waals surface area contributed by atoms with E-state index in [0.717, 1.165) is 5.56 Å². The minimum absolute atomic E-state index is 0.00261. The molecule has 0 saturated carbocycles. The van der Waals surface area contributed by atoms with Gasteiger partial charge in [0.1, 0.15) is 6.17 Å². The Morgan fingerprint density at radius 1 is 1.06 bits per heavy atom. The second kappa shape index (κ2) is 9.13. The third kappa shape index (κ3) is 4.96. The quantitative estimate of drug-likeness (QED) is 0.546. The molecule has 4 rings (SSSR count). The van der Waals surface area contributed by atoms with Crippen LogP contribution in [0.3, 0.4) is 0 Å². The van der Waals surface area contributed by atoms with Crippen LogP contribution in [0.4, 0.5) is 4.39 Å². The van der Waals surface area contributed by atoms with Crippen molar-refractivity contribution < 1.29 is 17.6 Å². The summed E-state index contributed by atoms with van der Waals surface area (Å²) in [4.78, 5) is 20.3. The highest BCUT2D eigenvalue weighted by Gasteiger charge is 2.35. The molecule has 33 heavy (non-hydrogen) atoms. The van der Waals surface area contributed by atoms with Gasteiger partial charge in [-0.2, -0.15) is 0 Å². The third-order valence-electron chi connectivity index (χ3n) is 5.76. The molecule has 6 nitrogen and oxygen atoms in total. The topological polar surface area (TPSA) is 93.4 Å². The summed E-state index contributed by atoms with van der Waals surface area (Å²) in [6.07, 6.45) is -0.942. The van der Waals surface area contributed by atoms with Crippen molar-refractivity contribution in [3.8, 4) is 21.7 Å². The van der Waals surface area contributed by atoms with Gasteiger partial charge in [-0.15, -0.1) is 11.3 Å². The first kappa shape index (κ1) is 23.8. The Labute approximate surface area is 201 Å². The lowest BCUT2D eigenvalue weighted by atomic mass is 9.89. The van der Waals surface area contributed by atoms with Gasteiger partial charge in [-0.3, -0.25) is 4.79 Å². The standard InChI is InChI=1S/C23H23ClFN3O3S2/c1-13-11-28(12-14(2)19(13)25)23(29)22-27-20(15-3-7-17(24)8-4-15)21(32-22)16-5-9-18(10-6-16)33(26,30)31/h3-10,13-14,19H,11-12H2,1-2H3,(H2,26,30,31)/t13-,14+,19?. The van der Waals surface area contributed by atoms with Crippen molar-refractivity contribution in [1.82, 2.24) is 9.88 Å². The van der Waals surface area contributed by atoms with E-state index >= 15 is 0 Å². The number of benzene rings is 2. The summed E-state index contributed by atoms with van der Waals surface area (Å²) < 4.78 is 37.5. The summed E-state index contributed by atoms with van der Waals surface area (Å²) in [7, 11) is -3.82. The number of primary sulfonamides is 1. The van der Waals surface area contributed by atoms with Crippen molar-refractivity contribution >= 4 is 38.9 Å². The number of nitrogens with zero attached hydrogens (tertiary/aromatic N) is 2. The van der Waals surface area contributed by atoms with Crippen LogP contribution < -0.4 is 5.14 Å². The summed E-state index contributed by atoms with van der Waals surface area (Å²) in [5.74, 6) is -0.745. The van der Waals surface area contributed by atoms with E-state index in [9.17, 15) is 17.6 Å². The Morgan fingerprint density at radius 2 is 1.61 bits per heavy atom. The van der Waals surface area contributed by atoms with Crippen molar-refractivity contribution in [2.45, 2.75) is 24.9 Å². The summed E-state index contributed by atoms with van der Waals surface area (Å²) in [5.41, 5.74) is 2.06. The predicted octanol–water partition coefficient (Wildman–Crippen LogP) is 4.84. The molecule has 2 N–H and O–H groups in total. The van der Waals surface area contributed by atoms with Crippen LogP contribution in [0.1, 0.15) is 23.6 Å². The molecule has 1 aliphatic rings. The number of rotatable bonds is 4. The van der Waals surface area contributed by atoms with Gasteiger partial charge in [-0.05, 0) is 29.8 Å². The van der Waals surface area contributed by atoms with Crippen LogP contribution in [0.25, 0.3) is 21.7 Å². The number of likely N-dealkylation sites (tertiary alicyclic amines) is 1. The number of thiazole rings is 1. The van der Waals surface area contributed by atoms with Crippen LogP contribution in [0.15, 0.2) is 53.4 Å². The summed E-state index contributed by atoms with van der Waals surface area (Å²) >= 11 is 7.25. The number of carbonyl (C=O) groups excluding carboxylic acids is 1. The molecular weight excluding hydrogens is 485 g/mol. The number of hydrogen-bond donors (Lipinski definition) is 1. The van der Waals surface area contributed by atoms with E-state index in [1.807, 2.05) is 12.1 Å². The molecule has 0 aliphatic carbocycles. The zero-order chi connectivity index (χ0) is 23.9. The van der Waals surface area contributed by atoms with Crippen LogP contribution in [0.5, 0.6) is 0 Å². The second-order valence-corrected chi connectivity index (χ2v) is 11.4. The lowest BCUT2D eigenvalue weighted by Crippen LogP contribution is -2.48. The van der Waals surface area contributed by atoms with E-state index in [2.05, 4.69) is 4.98 Å². The van der Waals surface area contributed by atoms with Crippen molar-refractivity contribution in [3.05, 3.63) is 58.6 Å². The van der Waals surface area contributed by atoms with Crippen LogP contribution in [0.2, 0.25) is 5.02 Å². The molecule has 1 aliphatic heterocycles. The van der Waals surface area contributed by atoms with Crippen molar-refractivity contribution in [1.29, 1.82) is 0 Å². The van der Waals surface area contributed by atoms with Crippen LogP contribution in [0, 0.1) is 11.8 Å². The molecule has 2 heterocycles. The van der Waals surface area contributed by atoms with Gasteiger partial charge in [-0.25, -0.2) is 22.9 Å². The first-order chi connectivity index (χ1) is 15.5. The van der Waals surface area contributed by atoms with E-state index in [0.29, 0.717) is 39.3 Å². The average Bonchev–Trinajstić information content (AvgIpc) is 3.22. The normalized spacial score (nSPS) is 21.2. The van der Waals surface area contributed by atoms with Gasteiger partial charge in [0.15, 0.2) is 5.01 Å². The molecule has 2 aromatic carbocycles. The maximum absolute atomic E-state index is 14.3. The number of sulfonamides is 1. The zero-order valence-corrected chi connectivity index (χ0v) is 20.4. The van der Waals surface area contributed by atoms with Crippen LogP contribution in [-0.2, 0) is 10.0 Å². The minimum Gasteiger partial charge on any atom is -0.336 e. The van der Waals surface area contributed by atoms with Crippen molar-refractivity contribution in [2.75, 3.05) is 13.1 Å². The number of piperidine rings is 1. The number of aromatic nitrogens is 1. The molecule has 1 aromatic heterocycles. The van der Waals surface area contributed by atoms with E-state index in [1.165, 1.54) is 23.5 Å². The van der Waals surface area contributed by atoms with E-state index in [1.54, 1.807) is 43.0 Å². The number of alkyl halides is 1. The Hall–Kier alpha value is -2.33. The molecule has 0 radical (unpaired) electrons. The number of amides is 1. The molecule has 1 saturated heterocycles. The highest BCUT2D eigenvalue weighted by atomic mass is 35.5. The monoisotopic (exact) mass is 507 g/mol. The van der Waals surface area contributed by atoms with Gasteiger partial charge < -0.3 is 4.90 Å². The van der Waals surface area contributed by atoms with Crippen LogP contribution in [-0.4, -0.2) is 43.5 Å². The fourth-order valence-corrected chi connectivity index (χ4v) is 5.74. The Kier molecular flexibility index (Phi) is 6.59. The molecule has 1 unspecified atom stereocenters. The van der Waals surface area contributed by atoms with Gasteiger partial charge in [0, 0.05) is 35.5 Å². The van der Waals surface area contributed by atoms with Crippen molar-refractivity contribution in [3.63, 3.8) is 0 Å². The Morgan fingerprint density at radius 3 is 2.15 bits per heavy atom. The Bertz CT molecular complexity index is 1270. The van der Waals surface area contributed by atoms with Gasteiger partial charge in [0.05, 0.1) is 15.5 Å². The van der Waals surface area contributed by atoms with E-state index in [4.69, 9.17) is 16.7 Å². The molecule has 0 bridgehead atoms. The molecule has 3 aromatic rings. The molecule has 1 fully saturated rings. The first-order valence-electron chi connectivity index (χ1n) is 10.4. The molecule has 0 spiro atoms. The maximum Gasteiger partial charge on any atom is 0.282 e. The zero-order valence-electron chi connectivity index (χ0n) is 18.0. The highest BCUT2D eigenvalue weighted by molar-refractivity contribution is 7.89. The summed E-state index contributed by atoms with van der Waals surface area (Å²) in [6.45, 7) is 4.28. The minimum atomic E-state index is -3.82. The van der Waals surface area contributed by atoms with E-state index in [-0.39, 0.29) is 22.6 Å². The van der Waals surface area contributed by atoms with Gasteiger partial charge in [0.2, 0.25) is 10.0 Å². The summed E-state index contributed by atoms with van der Waals surface area (Å²) in [5, 5.41) is 6.08. The second-order valence-electron chi connectivity index (χ2n) is 8.38. The smallest absolute Gasteiger partial charge is 0.282 e. The van der Waals surface area contributed by atoms with Crippen LogP contribution >= 0.6 is 22.9 Å². The lowest BCUT2D eigenvalue weighted by Gasteiger charge is -2.37. The number of hydrogen-bond acceptors (Lipinski definition) is 5. The first-order valence-corrected chi connectivity index (χ1v) is 13.1. The lowest BCUT2D eigenvalue weighted by molar-refractivity contribution is 0.0368. The van der Waals surface area contributed by atoms with Gasteiger partial charge in [0.25, 0.3) is 5.91 Å². The SMILES string of the molecule is C[C@@H]1CN(C(=O)c2nc(-c3ccc(Cl)cc3)c(-c3ccc(S(N)(=O)=O)cc3)s2)C[C@H](C)C1F. The summed E-state index contributed by atoms with van der Waals surface area (Å²) in [6, 6.07) is 13.2. The van der Waals surface area contributed by atoms with Gasteiger partial charge in [-0.1, -0.05) is 49.7 Å². The average molecular weight is 508 g/mol. The molecule has 10 heteroatoms. The predicted molar refractivity (Wildman–Crippen MR) is 128 cm³/mol. The molecule has 174 valence electrons. The number of halogens is 2. The molecular formula is C23H23ClFN3O3S2. The van der Waals surface area contributed by atoms with Crippen molar-refractivity contribution in [2.24, 2.45) is 17.0 Å². The Balaban J connectivity index is 1.76. The molecule has 1 amide bonds.